The van der Waals surface area contributed by atoms with Gasteiger partial charge in [-0.1, -0.05) is 49.4 Å². The Labute approximate surface area is 152 Å². The monoisotopic (exact) mass is 373 g/mol. The maximum absolute atomic E-state index is 12.4. The van der Waals surface area contributed by atoms with Crippen LogP contribution in [-0.4, -0.2) is 37.8 Å². The minimum absolute atomic E-state index is 0.00736. The largest absolute Gasteiger partial charge is 0.463 e. The normalized spacial score (nSPS) is 16.2. The third kappa shape index (κ3) is 3.22. The first kappa shape index (κ1) is 18.1. The first-order valence-corrected chi connectivity index (χ1v) is 9.78. The van der Waals surface area contributed by atoms with Crippen LogP contribution in [0, 0.1) is 0 Å². The molecule has 136 valence electrons. The summed E-state index contributed by atoms with van der Waals surface area (Å²) >= 11 is 0. The van der Waals surface area contributed by atoms with Crippen molar-refractivity contribution in [2.75, 3.05) is 13.2 Å². The summed E-state index contributed by atoms with van der Waals surface area (Å²) in [5.41, 5.74) is 0.992. The zero-order valence-electron chi connectivity index (χ0n) is 14.3. The van der Waals surface area contributed by atoms with Gasteiger partial charge < -0.3 is 4.74 Å². The second-order valence-corrected chi connectivity index (χ2v) is 7.75. The molecule has 0 fully saturated rings. The van der Waals surface area contributed by atoms with Crippen LogP contribution in [0.4, 0.5) is 0 Å². The smallest absolute Gasteiger partial charge is 0.313 e. The number of carbonyl (C=O) groups is 2. The summed E-state index contributed by atoms with van der Waals surface area (Å²) < 4.78 is 30.9. The third-order valence-corrected chi connectivity index (χ3v) is 6.19. The number of esters is 1. The first-order chi connectivity index (χ1) is 12.5. The molecular weight excluding hydrogens is 354 g/mol. The molecule has 0 aliphatic carbocycles. The van der Waals surface area contributed by atoms with Crippen LogP contribution in [0.3, 0.4) is 0 Å². The second kappa shape index (κ2) is 7.29. The number of fused-ring (bicyclic) bond motifs is 1. The Morgan fingerprint density at radius 1 is 1.08 bits per heavy atom. The number of ether oxygens (including phenoxy) is 1. The molecule has 2 aromatic rings. The molecule has 0 saturated heterocycles. The van der Waals surface area contributed by atoms with Gasteiger partial charge in [0.25, 0.3) is 15.9 Å². The molecule has 1 heterocycles. The Kier molecular flexibility index (Phi) is 5.08. The highest BCUT2D eigenvalue weighted by Gasteiger charge is 2.40. The van der Waals surface area contributed by atoms with E-state index < -0.39 is 27.8 Å². The van der Waals surface area contributed by atoms with Crippen LogP contribution < -0.4 is 0 Å². The predicted octanol–water partition coefficient (Wildman–Crippen LogP) is 2.57. The number of rotatable bonds is 6. The van der Waals surface area contributed by atoms with E-state index in [1.807, 2.05) is 37.3 Å². The minimum Gasteiger partial charge on any atom is -0.463 e. The molecule has 1 aliphatic heterocycles. The van der Waals surface area contributed by atoms with Gasteiger partial charge in [-0.2, -0.15) is 0 Å². The molecular formula is C19H19NO5S. The summed E-state index contributed by atoms with van der Waals surface area (Å²) in [5.74, 6) is -1.44. The van der Waals surface area contributed by atoms with Gasteiger partial charge in [-0.15, -0.1) is 0 Å². The van der Waals surface area contributed by atoms with E-state index in [9.17, 15) is 18.0 Å². The van der Waals surface area contributed by atoms with Crippen molar-refractivity contribution in [3.8, 4) is 0 Å². The van der Waals surface area contributed by atoms with Gasteiger partial charge in [-0.25, -0.2) is 12.7 Å². The van der Waals surface area contributed by atoms with Crippen molar-refractivity contribution in [2.45, 2.75) is 24.2 Å². The molecule has 0 bridgehead atoms. The van der Waals surface area contributed by atoms with Crippen molar-refractivity contribution >= 4 is 21.9 Å². The number of nitrogens with zero attached hydrogens (tertiary/aromatic N) is 1. The summed E-state index contributed by atoms with van der Waals surface area (Å²) in [7, 11) is -3.88. The topological polar surface area (TPSA) is 80.8 Å². The lowest BCUT2D eigenvalue weighted by Gasteiger charge is -2.17. The summed E-state index contributed by atoms with van der Waals surface area (Å²) in [6.45, 7) is 1.50. The molecule has 26 heavy (non-hydrogen) atoms. The van der Waals surface area contributed by atoms with Crippen LogP contribution in [0.2, 0.25) is 0 Å². The molecule has 1 aliphatic rings. The fourth-order valence-corrected chi connectivity index (χ4v) is 4.56. The number of carbonyl (C=O) groups excluding carboxylic acids is 2. The summed E-state index contributed by atoms with van der Waals surface area (Å²) in [4.78, 5) is 24.6. The van der Waals surface area contributed by atoms with E-state index in [4.69, 9.17) is 4.74 Å². The van der Waals surface area contributed by atoms with Crippen molar-refractivity contribution in [3.63, 3.8) is 0 Å². The van der Waals surface area contributed by atoms with Gasteiger partial charge in [0.1, 0.15) is 11.5 Å². The molecule has 0 spiro atoms. The van der Waals surface area contributed by atoms with E-state index in [0.717, 1.165) is 9.87 Å². The molecule has 1 atom stereocenters. The minimum atomic E-state index is -3.88. The standard InChI is InChI=1S/C19H19NO5S/c1-2-15(14-8-4-3-5-9-14)19(22)25-13-12-20-18(21)16-10-6-7-11-17(16)26(20,23)24/h3-11,15H,2,12-13H2,1H3/t15-/m1/s1. The van der Waals surface area contributed by atoms with Gasteiger partial charge in [0.2, 0.25) is 0 Å². The number of benzene rings is 2. The highest BCUT2D eigenvalue weighted by atomic mass is 32.2. The van der Waals surface area contributed by atoms with E-state index >= 15 is 0 Å². The summed E-state index contributed by atoms with van der Waals surface area (Å²) in [6.07, 6.45) is 0.565. The van der Waals surface area contributed by atoms with Crippen LogP contribution in [0.1, 0.15) is 35.2 Å². The SMILES string of the molecule is CC[C@@H](C(=O)OCCN1C(=O)c2ccccc2S1(=O)=O)c1ccccc1. The van der Waals surface area contributed by atoms with Crippen LogP contribution in [0.5, 0.6) is 0 Å². The van der Waals surface area contributed by atoms with Crippen LogP contribution in [0.15, 0.2) is 59.5 Å². The lowest BCUT2D eigenvalue weighted by molar-refractivity contribution is -0.145. The van der Waals surface area contributed by atoms with E-state index in [0.29, 0.717) is 6.42 Å². The van der Waals surface area contributed by atoms with Gasteiger partial charge in [-0.3, -0.25) is 9.59 Å². The van der Waals surface area contributed by atoms with E-state index in [1.165, 1.54) is 12.1 Å². The first-order valence-electron chi connectivity index (χ1n) is 8.34. The zero-order valence-corrected chi connectivity index (χ0v) is 15.1. The number of sulfonamides is 1. The van der Waals surface area contributed by atoms with Gasteiger partial charge in [0.05, 0.1) is 18.0 Å². The Morgan fingerprint density at radius 2 is 1.73 bits per heavy atom. The van der Waals surface area contributed by atoms with Crippen molar-refractivity contribution in [1.29, 1.82) is 0 Å². The lowest BCUT2D eigenvalue weighted by atomic mass is 9.97. The number of hydrogen-bond donors (Lipinski definition) is 0. The predicted molar refractivity (Wildman–Crippen MR) is 95.1 cm³/mol. The van der Waals surface area contributed by atoms with E-state index in [-0.39, 0.29) is 23.6 Å². The van der Waals surface area contributed by atoms with Gasteiger partial charge in [-0.05, 0) is 24.1 Å². The average molecular weight is 373 g/mol. The van der Waals surface area contributed by atoms with Crippen molar-refractivity contribution in [1.82, 2.24) is 4.31 Å². The Bertz CT molecular complexity index is 924. The van der Waals surface area contributed by atoms with Crippen LogP contribution in [-0.2, 0) is 19.6 Å². The second-order valence-electron chi connectivity index (χ2n) is 5.92. The van der Waals surface area contributed by atoms with E-state index in [1.54, 1.807) is 12.1 Å². The number of amides is 1. The molecule has 0 aromatic heterocycles. The molecule has 7 heteroatoms. The molecule has 6 nitrogen and oxygen atoms in total. The number of hydrogen-bond acceptors (Lipinski definition) is 5. The molecule has 0 unspecified atom stereocenters. The molecule has 3 rings (SSSR count). The Balaban J connectivity index is 1.65. The third-order valence-electron chi connectivity index (χ3n) is 4.35. The molecule has 2 aromatic carbocycles. The van der Waals surface area contributed by atoms with Crippen molar-refractivity contribution in [3.05, 3.63) is 65.7 Å². The van der Waals surface area contributed by atoms with Crippen molar-refractivity contribution in [2.24, 2.45) is 0 Å². The molecule has 0 saturated carbocycles. The molecule has 0 N–H and O–H groups in total. The maximum Gasteiger partial charge on any atom is 0.313 e. The molecule has 0 radical (unpaired) electrons. The summed E-state index contributed by atoms with van der Waals surface area (Å²) in [6, 6.07) is 15.3. The lowest BCUT2D eigenvalue weighted by Crippen LogP contribution is -2.34. The van der Waals surface area contributed by atoms with Gasteiger partial charge in [0.15, 0.2) is 0 Å². The summed E-state index contributed by atoms with van der Waals surface area (Å²) in [5, 5.41) is 0. The Morgan fingerprint density at radius 3 is 2.38 bits per heavy atom. The fraction of sp³-hybridized carbons (Fsp3) is 0.263. The van der Waals surface area contributed by atoms with Crippen molar-refractivity contribution < 1.29 is 22.7 Å². The van der Waals surface area contributed by atoms with Gasteiger partial charge >= 0.3 is 5.97 Å². The van der Waals surface area contributed by atoms with Crippen LogP contribution in [0.25, 0.3) is 0 Å². The van der Waals surface area contributed by atoms with E-state index in [2.05, 4.69) is 0 Å². The van der Waals surface area contributed by atoms with Crippen LogP contribution >= 0.6 is 0 Å². The maximum atomic E-state index is 12.4. The Hall–Kier alpha value is -2.67. The highest BCUT2D eigenvalue weighted by molar-refractivity contribution is 7.90. The quantitative estimate of drug-likeness (QED) is 0.727. The highest BCUT2D eigenvalue weighted by Crippen LogP contribution is 2.29. The zero-order chi connectivity index (χ0) is 18.7. The fourth-order valence-electron chi connectivity index (χ4n) is 3.01. The average Bonchev–Trinajstić information content (AvgIpc) is 2.84. The van der Waals surface area contributed by atoms with Gasteiger partial charge in [0, 0.05) is 0 Å². The molecule has 1 amide bonds.